The highest BCUT2D eigenvalue weighted by Gasteiger charge is 2.29. The van der Waals surface area contributed by atoms with Gasteiger partial charge in [0.25, 0.3) is 0 Å². The lowest BCUT2D eigenvalue weighted by Crippen LogP contribution is -2.34. The molecule has 0 saturated carbocycles. The minimum absolute atomic E-state index is 0.255. The van der Waals surface area contributed by atoms with Crippen molar-refractivity contribution in [2.75, 3.05) is 29.5 Å². The van der Waals surface area contributed by atoms with Crippen LogP contribution in [0.15, 0.2) is 42.7 Å². The standard InChI is InChI=1S/C23H23N5O2/c1-15-16(2)25-21(17-6-9-24-10-7-17)26-22(15)27-11-8-19-18(14-27)4-3-5-20(19)28-12-13-30-23(28)29/h3-7,9-10H,8,11-14H2,1-2H3. The first-order chi connectivity index (χ1) is 14.6. The van der Waals surface area contributed by atoms with Crippen molar-refractivity contribution in [2.24, 2.45) is 0 Å². The molecule has 0 atom stereocenters. The first kappa shape index (κ1) is 18.5. The number of pyridine rings is 1. The smallest absolute Gasteiger partial charge is 0.414 e. The van der Waals surface area contributed by atoms with E-state index in [1.807, 2.05) is 31.2 Å². The predicted molar refractivity (Wildman–Crippen MR) is 115 cm³/mol. The molecule has 0 bridgehead atoms. The molecule has 1 fully saturated rings. The number of hydrogen-bond acceptors (Lipinski definition) is 6. The summed E-state index contributed by atoms with van der Waals surface area (Å²) in [6, 6.07) is 10.0. The SMILES string of the molecule is Cc1nc(-c2ccncc2)nc(N2CCc3c(cccc3N3CCOC3=O)C2)c1C. The van der Waals surface area contributed by atoms with Crippen LogP contribution in [-0.4, -0.2) is 40.7 Å². The molecule has 4 heterocycles. The molecule has 152 valence electrons. The van der Waals surface area contributed by atoms with Gasteiger partial charge in [0.15, 0.2) is 5.82 Å². The third-order valence-corrected chi connectivity index (χ3v) is 5.89. The Bertz CT molecular complexity index is 1120. The monoisotopic (exact) mass is 401 g/mol. The highest BCUT2D eigenvalue weighted by molar-refractivity contribution is 5.90. The van der Waals surface area contributed by atoms with Gasteiger partial charge in [-0.3, -0.25) is 9.88 Å². The zero-order valence-electron chi connectivity index (χ0n) is 17.1. The number of aryl methyl sites for hydroxylation is 1. The third-order valence-electron chi connectivity index (χ3n) is 5.89. The summed E-state index contributed by atoms with van der Waals surface area (Å²) in [7, 11) is 0. The highest BCUT2D eigenvalue weighted by atomic mass is 16.6. The lowest BCUT2D eigenvalue weighted by Gasteiger charge is -2.33. The number of ether oxygens (including phenoxy) is 1. The molecule has 3 aromatic rings. The van der Waals surface area contributed by atoms with Gasteiger partial charge >= 0.3 is 6.09 Å². The van der Waals surface area contributed by atoms with Crippen LogP contribution in [0, 0.1) is 13.8 Å². The predicted octanol–water partition coefficient (Wildman–Crippen LogP) is 3.67. The number of benzene rings is 1. The van der Waals surface area contributed by atoms with E-state index in [4.69, 9.17) is 14.7 Å². The van der Waals surface area contributed by atoms with Crippen molar-refractivity contribution in [1.29, 1.82) is 0 Å². The Morgan fingerprint density at radius 1 is 1.03 bits per heavy atom. The topological polar surface area (TPSA) is 71.5 Å². The summed E-state index contributed by atoms with van der Waals surface area (Å²) in [5.41, 5.74) is 6.45. The summed E-state index contributed by atoms with van der Waals surface area (Å²) in [5.74, 6) is 1.68. The molecule has 5 rings (SSSR count). The number of nitrogens with zero attached hydrogens (tertiary/aromatic N) is 5. The van der Waals surface area contributed by atoms with Crippen molar-refractivity contribution in [2.45, 2.75) is 26.8 Å². The van der Waals surface area contributed by atoms with E-state index in [2.05, 4.69) is 22.9 Å². The van der Waals surface area contributed by atoms with Crippen molar-refractivity contribution < 1.29 is 9.53 Å². The summed E-state index contributed by atoms with van der Waals surface area (Å²) in [6.45, 7) is 6.75. The van der Waals surface area contributed by atoms with Gasteiger partial charge in [0.2, 0.25) is 0 Å². The molecule has 7 nitrogen and oxygen atoms in total. The van der Waals surface area contributed by atoms with Gasteiger partial charge in [-0.2, -0.15) is 0 Å². The van der Waals surface area contributed by atoms with Crippen LogP contribution in [0.3, 0.4) is 0 Å². The number of hydrogen-bond donors (Lipinski definition) is 0. The van der Waals surface area contributed by atoms with Crippen LogP contribution in [0.5, 0.6) is 0 Å². The van der Waals surface area contributed by atoms with E-state index >= 15 is 0 Å². The Labute approximate surface area is 175 Å². The van der Waals surface area contributed by atoms with Crippen molar-refractivity contribution in [3.8, 4) is 11.4 Å². The first-order valence-corrected chi connectivity index (χ1v) is 10.2. The first-order valence-electron chi connectivity index (χ1n) is 10.2. The van der Waals surface area contributed by atoms with Crippen LogP contribution in [-0.2, 0) is 17.7 Å². The van der Waals surface area contributed by atoms with Crippen LogP contribution in [0.4, 0.5) is 16.3 Å². The maximum absolute atomic E-state index is 12.1. The zero-order chi connectivity index (χ0) is 20.7. The molecule has 0 spiro atoms. The molecule has 1 saturated heterocycles. The Morgan fingerprint density at radius 3 is 2.63 bits per heavy atom. The maximum Gasteiger partial charge on any atom is 0.414 e. The van der Waals surface area contributed by atoms with Gasteiger partial charge in [0.05, 0.1) is 12.2 Å². The number of fused-ring (bicyclic) bond motifs is 1. The number of amides is 1. The van der Waals surface area contributed by atoms with E-state index in [1.54, 1.807) is 17.3 Å². The minimum Gasteiger partial charge on any atom is -0.447 e. The average molecular weight is 401 g/mol. The average Bonchev–Trinajstić information content (AvgIpc) is 3.21. The molecular formula is C23H23N5O2. The quantitative estimate of drug-likeness (QED) is 0.667. The summed E-state index contributed by atoms with van der Waals surface area (Å²) in [6.07, 6.45) is 4.11. The molecule has 0 aliphatic carbocycles. The fourth-order valence-electron chi connectivity index (χ4n) is 4.19. The second-order valence-corrected chi connectivity index (χ2v) is 7.67. The summed E-state index contributed by atoms with van der Waals surface area (Å²) in [5, 5.41) is 0. The minimum atomic E-state index is -0.255. The van der Waals surface area contributed by atoms with E-state index in [-0.39, 0.29) is 6.09 Å². The van der Waals surface area contributed by atoms with Crippen molar-refractivity contribution in [1.82, 2.24) is 15.0 Å². The summed E-state index contributed by atoms with van der Waals surface area (Å²) >= 11 is 0. The second kappa shape index (κ2) is 7.40. The molecule has 0 radical (unpaired) electrons. The summed E-state index contributed by atoms with van der Waals surface area (Å²) in [4.78, 5) is 29.8. The molecule has 1 aromatic carbocycles. The van der Waals surface area contributed by atoms with Gasteiger partial charge in [-0.15, -0.1) is 0 Å². The van der Waals surface area contributed by atoms with Crippen LogP contribution >= 0.6 is 0 Å². The van der Waals surface area contributed by atoms with Gasteiger partial charge in [-0.05, 0) is 49.6 Å². The van der Waals surface area contributed by atoms with Crippen LogP contribution in [0.1, 0.15) is 22.4 Å². The molecule has 1 amide bonds. The van der Waals surface area contributed by atoms with E-state index < -0.39 is 0 Å². The van der Waals surface area contributed by atoms with Gasteiger partial charge in [-0.25, -0.2) is 14.8 Å². The maximum atomic E-state index is 12.1. The Morgan fingerprint density at radius 2 is 1.87 bits per heavy atom. The molecule has 2 aromatic heterocycles. The lowest BCUT2D eigenvalue weighted by atomic mass is 9.96. The van der Waals surface area contributed by atoms with Crippen molar-refractivity contribution in [3.63, 3.8) is 0 Å². The Kier molecular flexibility index (Phi) is 4.58. The second-order valence-electron chi connectivity index (χ2n) is 7.67. The van der Waals surface area contributed by atoms with Crippen molar-refractivity contribution in [3.05, 3.63) is 65.1 Å². The number of carbonyl (C=O) groups is 1. The number of aromatic nitrogens is 3. The van der Waals surface area contributed by atoms with Gasteiger partial charge < -0.3 is 9.64 Å². The molecule has 7 heteroatoms. The molecular weight excluding hydrogens is 378 g/mol. The van der Waals surface area contributed by atoms with Crippen LogP contribution in [0.25, 0.3) is 11.4 Å². The zero-order valence-corrected chi connectivity index (χ0v) is 17.1. The van der Waals surface area contributed by atoms with Crippen LogP contribution < -0.4 is 9.80 Å². The third kappa shape index (κ3) is 3.16. The lowest BCUT2D eigenvalue weighted by molar-refractivity contribution is 0.181. The van der Waals surface area contributed by atoms with E-state index in [0.717, 1.165) is 53.7 Å². The molecule has 0 unspecified atom stereocenters. The largest absolute Gasteiger partial charge is 0.447 e. The normalized spacial score (nSPS) is 15.9. The molecule has 2 aliphatic rings. The molecule has 2 aliphatic heterocycles. The number of anilines is 2. The fraction of sp³-hybridized carbons (Fsp3) is 0.304. The van der Waals surface area contributed by atoms with Gasteiger partial charge in [0, 0.05) is 42.3 Å². The Hall–Kier alpha value is -3.48. The highest BCUT2D eigenvalue weighted by Crippen LogP contribution is 2.33. The molecule has 30 heavy (non-hydrogen) atoms. The Balaban J connectivity index is 1.50. The number of carbonyl (C=O) groups excluding carboxylic acids is 1. The molecule has 0 N–H and O–H groups in total. The van der Waals surface area contributed by atoms with Crippen molar-refractivity contribution >= 4 is 17.6 Å². The van der Waals surface area contributed by atoms with E-state index in [0.29, 0.717) is 13.2 Å². The van der Waals surface area contributed by atoms with E-state index in [9.17, 15) is 4.79 Å². The van der Waals surface area contributed by atoms with Crippen LogP contribution in [0.2, 0.25) is 0 Å². The number of cyclic esters (lactones) is 1. The summed E-state index contributed by atoms with van der Waals surface area (Å²) < 4.78 is 5.14. The van der Waals surface area contributed by atoms with E-state index in [1.165, 1.54) is 11.1 Å². The fourth-order valence-corrected chi connectivity index (χ4v) is 4.19. The van der Waals surface area contributed by atoms with Gasteiger partial charge in [-0.1, -0.05) is 12.1 Å². The number of rotatable bonds is 3. The van der Waals surface area contributed by atoms with Gasteiger partial charge in [0.1, 0.15) is 12.4 Å².